The Morgan fingerprint density at radius 2 is 1.93 bits per heavy atom. The van der Waals surface area contributed by atoms with Crippen LogP contribution in [-0.2, 0) is 11.3 Å². The molecule has 4 rings (SSSR count). The third-order valence-corrected chi connectivity index (χ3v) is 6.27. The van der Waals surface area contributed by atoms with E-state index in [-0.39, 0.29) is 18.0 Å². The van der Waals surface area contributed by atoms with Crippen molar-refractivity contribution in [3.63, 3.8) is 0 Å². The summed E-state index contributed by atoms with van der Waals surface area (Å²) in [4.78, 5) is 35.9. The van der Waals surface area contributed by atoms with Crippen molar-refractivity contribution in [1.29, 1.82) is 0 Å². The van der Waals surface area contributed by atoms with Crippen LogP contribution in [0.3, 0.4) is 0 Å². The number of hydrogen-bond donors (Lipinski definition) is 1. The van der Waals surface area contributed by atoms with E-state index in [9.17, 15) is 9.59 Å². The number of thiophene rings is 1. The average molecular weight is 421 g/mol. The Morgan fingerprint density at radius 1 is 1.17 bits per heavy atom. The van der Waals surface area contributed by atoms with Crippen molar-refractivity contribution in [2.24, 2.45) is 0 Å². The number of rotatable bonds is 4. The number of nitrogens with zero attached hydrogens (tertiary/aromatic N) is 3. The molecular weight excluding hydrogens is 396 g/mol. The summed E-state index contributed by atoms with van der Waals surface area (Å²) >= 11 is 1.34. The van der Waals surface area contributed by atoms with Crippen LogP contribution < -0.4 is 10.9 Å². The van der Waals surface area contributed by atoms with E-state index in [1.807, 2.05) is 44.2 Å². The van der Waals surface area contributed by atoms with Crippen LogP contribution in [0.15, 0.2) is 35.1 Å². The number of fused-ring (bicyclic) bond motifs is 3. The van der Waals surface area contributed by atoms with Crippen LogP contribution in [0.4, 0.5) is 5.69 Å². The van der Waals surface area contributed by atoms with Crippen LogP contribution in [-0.4, -0.2) is 20.4 Å². The van der Waals surface area contributed by atoms with Crippen LogP contribution in [0.25, 0.3) is 20.4 Å². The summed E-state index contributed by atoms with van der Waals surface area (Å²) in [6, 6.07) is 9.76. The number of hydrogen-bond acceptors (Lipinski definition) is 5. The van der Waals surface area contributed by atoms with Crippen molar-refractivity contribution in [1.82, 2.24) is 14.5 Å². The van der Waals surface area contributed by atoms with Gasteiger partial charge in [0.05, 0.1) is 5.52 Å². The summed E-state index contributed by atoms with van der Waals surface area (Å²) in [5, 5.41) is 3.82. The second-order valence-electron chi connectivity index (χ2n) is 7.92. The molecule has 0 aliphatic carbocycles. The van der Waals surface area contributed by atoms with Gasteiger partial charge in [-0.05, 0) is 56.0 Å². The molecule has 0 aliphatic heterocycles. The molecule has 0 radical (unpaired) electrons. The fourth-order valence-electron chi connectivity index (χ4n) is 3.67. The van der Waals surface area contributed by atoms with Crippen molar-refractivity contribution in [2.45, 2.75) is 47.1 Å². The minimum absolute atomic E-state index is 0.0841. The predicted octanol–water partition coefficient (Wildman–Crippen LogP) is 4.69. The van der Waals surface area contributed by atoms with E-state index in [1.165, 1.54) is 15.9 Å². The molecule has 4 aromatic rings. The quantitative estimate of drug-likeness (QED) is 0.519. The van der Waals surface area contributed by atoms with Gasteiger partial charge in [0.2, 0.25) is 5.91 Å². The van der Waals surface area contributed by atoms with Crippen LogP contribution in [0.1, 0.15) is 42.4 Å². The second kappa shape index (κ2) is 7.65. The highest BCUT2D eigenvalue weighted by Gasteiger charge is 2.18. The molecule has 6 nitrogen and oxygen atoms in total. The van der Waals surface area contributed by atoms with E-state index in [0.717, 1.165) is 32.7 Å². The number of carbonyl (C=O) groups excluding carboxylic acids is 1. The lowest BCUT2D eigenvalue weighted by atomic mass is 10.0. The van der Waals surface area contributed by atoms with Gasteiger partial charge >= 0.3 is 0 Å². The number of aryl methyl sites for hydroxylation is 3. The van der Waals surface area contributed by atoms with E-state index in [1.54, 1.807) is 6.92 Å². The van der Waals surface area contributed by atoms with Gasteiger partial charge in [-0.15, -0.1) is 11.3 Å². The molecule has 0 atom stereocenters. The molecule has 0 saturated heterocycles. The Kier molecular flexibility index (Phi) is 5.15. The highest BCUT2D eigenvalue weighted by Crippen LogP contribution is 2.32. The van der Waals surface area contributed by atoms with Gasteiger partial charge in [-0.2, -0.15) is 0 Å². The molecule has 0 spiro atoms. The van der Waals surface area contributed by atoms with Crippen molar-refractivity contribution >= 4 is 43.4 Å². The third kappa shape index (κ3) is 3.61. The van der Waals surface area contributed by atoms with Crippen LogP contribution >= 0.6 is 11.3 Å². The molecule has 0 unspecified atom stereocenters. The molecule has 1 N–H and O–H groups in total. The Bertz CT molecular complexity index is 1350. The lowest BCUT2D eigenvalue weighted by Crippen LogP contribution is -2.29. The normalized spacial score (nSPS) is 11.5. The number of pyridine rings is 1. The molecule has 0 saturated carbocycles. The molecule has 3 aromatic heterocycles. The number of amides is 1. The number of carbonyl (C=O) groups is 1. The Labute approximate surface area is 178 Å². The van der Waals surface area contributed by atoms with Gasteiger partial charge in [-0.25, -0.2) is 9.97 Å². The molecule has 1 aromatic carbocycles. The number of aromatic nitrogens is 3. The van der Waals surface area contributed by atoms with Crippen molar-refractivity contribution < 1.29 is 4.79 Å². The van der Waals surface area contributed by atoms with Gasteiger partial charge in [-0.1, -0.05) is 26.0 Å². The summed E-state index contributed by atoms with van der Waals surface area (Å²) < 4.78 is 1.97. The Morgan fingerprint density at radius 3 is 2.67 bits per heavy atom. The molecule has 154 valence electrons. The zero-order valence-electron chi connectivity index (χ0n) is 17.7. The fraction of sp³-hybridized carbons (Fsp3) is 0.304. The molecule has 0 aliphatic rings. The first kappa shape index (κ1) is 20.2. The molecule has 0 bridgehead atoms. The van der Waals surface area contributed by atoms with Gasteiger partial charge in [0.25, 0.3) is 5.56 Å². The molecular formula is C23H24N4O2S. The molecule has 1 amide bonds. The van der Waals surface area contributed by atoms with Gasteiger partial charge in [0.1, 0.15) is 21.9 Å². The van der Waals surface area contributed by atoms with Gasteiger partial charge < -0.3 is 5.32 Å². The largest absolute Gasteiger partial charge is 0.325 e. The third-order valence-electron chi connectivity index (χ3n) is 5.20. The smallest absolute Gasteiger partial charge is 0.272 e. The fourth-order valence-corrected chi connectivity index (χ4v) is 4.86. The average Bonchev–Trinajstić information content (AvgIpc) is 3.03. The number of anilines is 1. The van der Waals surface area contributed by atoms with E-state index < -0.39 is 0 Å². The monoisotopic (exact) mass is 420 g/mol. The summed E-state index contributed by atoms with van der Waals surface area (Å²) in [5.41, 5.74) is 4.30. The van der Waals surface area contributed by atoms with E-state index in [4.69, 9.17) is 0 Å². The molecule has 3 heterocycles. The zero-order valence-corrected chi connectivity index (χ0v) is 18.6. The maximum Gasteiger partial charge on any atom is 0.272 e. The standard InChI is InChI=1S/C23H24N4O2S/c1-12(2)16-7-6-8-17(10-16)26-18(28)11-27-15(5)25-20-19-13(3)9-14(4)24-22(19)30-21(20)23(27)29/h6-10,12H,11H2,1-5H3,(H,26,28). The highest BCUT2D eigenvalue weighted by molar-refractivity contribution is 7.25. The van der Waals surface area contributed by atoms with Gasteiger partial charge in [-0.3, -0.25) is 14.2 Å². The maximum atomic E-state index is 13.2. The van der Waals surface area contributed by atoms with Crippen molar-refractivity contribution in [3.05, 3.63) is 63.3 Å². The Balaban J connectivity index is 1.70. The number of nitrogens with one attached hydrogen (secondary N) is 1. The topological polar surface area (TPSA) is 76.9 Å². The summed E-state index contributed by atoms with van der Waals surface area (Å²) in [5.74, 6) is 0.624. The van der Waals surface area contributed by atoms with Crippen LogP contribution in [0.5, 0.6) is 0 Å². The number of benzene rings is 1. The lowest BCUT2D eigenvalue weighted by molar-refractivity contribution is -0.116. The van der Waals surface area contributed by atoms with E-state index in [2.05, 4.69) is 29.1 Å². The molecule has 7 heteroatoms. The van der Waals surface area contributed by atoms with Gasteiger partial charge in [0.15, 0.2) is 0 Å². The van der Waals surface area contributed by atoms with Crippen LogP contribution in [0, 0.1) is 20.8 Å². The van der Waals surface area contributed by atoms with E-state index in [0.29, 0.717) is 22.0 Å². The first-order valence-corrected chi connectivity index (χ1v) is 10.7. The minimum Gasteiger partial charge on any atom is -0.325 e. The summed E-state index contributed by atoms with van der Waals surface area (Å²) in [7, 11) is 0. The van der Waals surface area contributed by atoms with Crippen molar-refractivity contribution in [2.75, 3.05) is 5.32 Å². The maximum absolute atomic E-state index is 13.2. The summed E-state index contributed by atoms with van der Waals surface area (Å²) in [6.07, 6.45) is 0. The van der Waals surface area contributed by atoms with Crippen LogP contribution in [0.2, 0.25) is 0 Å². The lowest BCUT2D eigenvalue weighted by Gasteiger charge is -2.12. The molecule has 0 fully saturated rings. The predicted molar refractivity (Wildman–Crippen MR) is 123 cm³/mol. The first-order valence-electron chi connectivity index (χ1n) is 9.92. The van der Waals surface area contributed by atoms with Crippen molar-refractivity contribution in [3.8, 4) is 0 Å². The Hall–Kier alpha value is -3.06. The second-order valence-corrected chi connectivity index (χ2v) is 8.92. The SMILES string of the molecule is Cc1cc(C)c2c(n1)sc1c(=O)n(CC(=O)Nc3cccc(C(C)C)c3)c(C)nc12. The summed E-state index contributed by atoms with van der Waals surface area (Å²) in [6.45, 7) is 9.83. The molecule has 30 heavy (non-hydrogen) atoms. The first-order chi connectivity index (χ1) is 14.2. The minimum atomic E-state index is -0.256. The highest BCUT2D eigenvalue weighted by atomic mass is 32.1. The van der Waals surface area contributed by atoms with E-state index >= 15 is 0 Å². The van der Waals surface area contributed by atoms with Gasteiger partial charge in [0, 0.05) is 16.8 Å². The zero-order chi connectivity index (χ0) is 21.6.